The number of hydrogen-bond donors (Lipinski definition) is 0. The molecule has 3 heteroatoms. The molecule has 0 saturated heterocycles. The minimum absolute atomic E-state index is 0.130. The minimum Gasteiger partial charge on any atom is -0.455 e. The van der Waals surface area contributed by atoms with Crippen molar-refractivity contribution in [1.29, 1.82) is 0 Å². The molecule has 11 aromatic carbocycles. The van der Waals surface area contributed by atoms with Crippen LogP contribution in [0.5, 0.6) is 0 Å². The summed E-state index contributed by atoms with van der Waals surface area (Å²) < 4.78 is 14.1. The van der Waals surface area contributed by atoms with Crippen LogP contribution in [0, 0.1) is 0 Å². The average molecular weight is 1040 g/mol. The molecule has 0 radical (unpaired) electrons. The van der Waals surface area contributed by atoms with E-state index in [0.29, 0.717) is 0 Å². The molecule has 0 atom stereocenters. The van der Waals surface area contributed by atoms with E-state index in [9.17, 15) is 0 Å². The first-order valence-corrected chi connectivity index (χ1v) is 28.8. The van der Waals surface area contributed by atoms with Crippen molar-refractivity contribution < 1.29 is 8.83 Å². The van der Waals surface area contributed by atoms with Crippen molar-refractivity contribution in [3.8, 4) is 66.8 Å². The molecule has 0 fully saturated rings. The van der Waals surface area contributed by atoms with Gasteiger partial charge in [-0.15, -0.1) is 0 Å². The average Bonchev–Trinajstić information content (AvgIpc) is 1.84. The Labute approximate surface area is 472 Å². The van der Waals surface area contributed by atoms with Crippen LogP contribution in [0.15, 0.2) is 221 Å². The smallest absolute Gasteiger partial charge is 0.144 e. The summed E-state index contributed by atoms with van der Waals surface area (Å²) in [6, 6.07) is 79.2. The highest BCUT2D eigenvalue weighted by molar-refractivity contribution is 6.22. The summed E-state index contributed by atoms with van der Waals surface area (Å²) in [6.07, 6.45) is 0. The highest BCUT2D eigenvalue weighted by atomic mass is 16.3. The molecule has 0 bridgehead atoms. The van der Waals surface area contributed by atoms with E-state index in [0.717, 1.165) is 50.3 Å². The molecule has 0 spiro atoms. The molecule has 81 heavy (non-hydrogen) atoms. The van der Waals surface area contributed by atoms with Crippen molar-refractivity contribution in [3.63, 3.8) is 0 Å². The fraction of sp³-hybridized carbons (Fsp3) is 0.154. The fourth-order valence-electron chi connectivity index (χ4n) is 15.8. The largest absolute Gasteiger partial charge is 0.455 e. The number of furan rings is 2. The third kappa shape index (κ3) is 6.03. The van der Waals surface area contributed by atoms with Crippen LogP contribution in [0.4, 0.5) is 17.1 Å². The second kappa shape index (κ2) is 15.8. The van der Waals surface area contributed by atoms with Crippen LogP contribution in [-0.2, 0) is 21.7 Å². The van der Waals surface area contributed by atoms with Crippen molar-refractivity contribution in [2.75, 3.05) is 4.90 Å². The van der Waals surface area contributed by atoms with Gasteiger partial charge in [0.1, 0.15) is 22.3 Å². The monoisotopic (exact) mass is 1040 g/mol. The Morgan fingerprint density at radius 1 is 0.284 bits per heavy atom. The van der Waals surface area contributed by atoms with Gasteiger partial charge < -0.3 is 13.7 Å². The predicted molar refractivity (Wildman–Crippen MR) is 337 cm³/mol. The summed E-state index contributed by atoms with van der Waals surface area (Å²) in [4.78, 5) is 2.50. The lowest BCUT2D eigenvalue weighted by Gasteiger charge is -2.32. The molecule has 0 saturated carbocycles. The quantitative estimate of drug-likeness (QED) is 0.172. The summed E-state index contributed by atoms with van der Waals surface area (Å²) >= 11 is 0. The van der Waals surface area contributed by atoms with Gasteiger partial charge in [0, 0.05) is 71.4 Å². The standard InChI is InChI=1S/C78H59NO2/c1-75(2)58-26-16-12-22-50(58)51-37-32-46(40-60(51)75)57-43-63-66(68-55-24-14-18-28-64(55)80-73(57)68)53-38-35-48(41-61(53)76(63,3)4)79(47-33-30-45(31-34-47)44-20-10-9-11-21-44)49-36-39-54-62(42-49)78(7,8)71-67(54)69-56-25-15-19-29-65(56)81-74(69)70-52-23-13-17-27-59(52)77(5,6)72(70)71/h9-43H,1-8H3. The highest BCUT2D eigenvalue weighted by Gasteiger charge is 2.49. The minimum atomic E-state index is -0.359. The Hall–Kier alpha value is -9.18. The van der Waals surface area contributed by atoms with E-state index in [1.807, 2.05) is 0 Å². The van der Waals surface area contributed by atoms with Crippen LogP contribution in [0.2, 0.25) is 0 Å². The summed E-state index contributed by atoms with van der Waals surface area (Å²) in [5.41, 5.74) is 31.8. The van der Waals surface area contributed by atoms with Crippen LogP contribution in [-0.4, -0.2) is 0 Å². The Kier molecular flexibility index (Phi) is 9.11. The highest BCUT2D eigenvalue weighted by Crippen LogP contribution is 2.64. The number of fused-ring (bicyclic) bond motifs is 22. The number of anilines is 3. The van der Waals surface area contributed by atoms with E-state index >= 15 is 0 Å². The van der Waals surface area contributed by atoms with Gasteiger partial charge in [-0.25, -0.2) is 0 Å². The molecular weight excluding hydrogens is 983 g/mol. The van der Waals surface area contributed by atoms with E-state index in [-0.39, 0.29) is 21.7 Å². The molecule has 388 valence electrons. The number of hydrogen-bond acceptors (Lipinski definition) is 3. The van der Waals surface area contributed by atoms with Crippen LogP contribution in [0.1, 0.15) is 99.9 Å². The van der Waals surface area contributed by atoms with Gasteiger partial charge in [-0.05, 0) is 161 Å². The van der Waals surface area contributed by atoms with Crippen molar-refractivity contribution in [2.24, 2.45) is 0 Å². The van der Waals surface area contributed by atoms with Crippen molar-refractivity contribution in [1.82, 2.24) is 0 Å². The molecule has 0 unspecified atom stereocenters. The number of rotatable bonds is 5. The van der Waals surface area contributed by atoms with Gasteiger partial charge in [0.15, 0.2) is 0 Å². The maximum atomic E-state index is 7.05. The topological polar surface area (TPSA) is 29.5 Å². The van der Waals surface area contributed by atoms with Gasteiger partial charge in [0.2, 0.25) is 0 Å². The summed E-state index contributed by atoms with van der Waals surface area (Å²) in [7, 11) is 0. The van der Waals surface area contributed by atoms with E-state index in [4.69, 9.17) is 8.83 Å². The second-order valence-corrected chi connectivity index (χ2v) is 25.5. The molecule has 2 heterocycles. The fourth-order valence-corrected chi connectivity index (χ4v) is 15.8. The van der Waals surface area contributed by atoms with Crippen LogP contribution in [0.3, 0.4) is 0 Å². The Morgan fingerprint density at radius 2 is 0.728 bits per heavy atom. The summed E-state index contributed by atoms with van der Waals surface area (Å²) in [5.74, 6) is 0. The molecule has 0 amide bonds. The number of nitrogens with zero attached hydrogens (tertiary/aromatic N) is 1. The van der Waals surface area contributed by atoms with E-state index in [1.165, 1.54) is 122 Å². The zero-order chi connectivity index (χ0) is 54.6. The Balaban J connectivity index is 0.862. The molecule has 13 aromatic rings. The van der Waals surface area contributed by atoms with Gasteiger partial charge in [-0.3, -0.25) is 0 Å². The van der Waals surface area contributed by atoms with Gasteiger partial charge in [-0.1, -0.05) is 207 Å². The van der Waals surface area contributed by atoms with Crippen LogP contribution >= 0.6 is 0 Å². The van der Waals surface area contributed by atoms with Crippen LogP contribution < -0.4 is 4.90 Å². The number of benzene rings is 11. The molecule has 2 aromatic heterocycles. The molecule has 4 aliphatic carbocycles. The normalized spacial score (nSPS) is 15.8. The van der Waals surface area contributed by atoms with E-state index in [1.54, 1.807) is 0 Å². The van der Waals surface area contributed by atoms with Crippen LogP contribution in [0.25, 0.3) is 111 Å². The van der Waals surface area contributed by atoms with Crippen molar-refractivity contribution >= 4 is 60.9 Å². The lowest BCUT2D eigenvalue weighted by Crippen LogP contribution is -2.24. The lowest BCUT2D eigenvalue weighted by molar-refractivity contribution is 0.600. The predicted octanol–water partition coefficient (Wildman–Crippen LogP) is 21.5. The lowest BCUT2D eigenvalue weighted by atomic mass is 9.72. The summed E-state index contributed by atoms with van der Waals surface area (Å²) in [6.45, 7) is 19.3. The SMILES string of the molecule is CC1(C)c2ccccc2-c2ccc(-c3cc4c(c5c3oc3ccccc35)-c3ccc(N(c5ccc(-c6ccccc6)cc5)c5ccc6c(c5)C(C)(C)c5c7c(c8oc9ccccc9c8c5-6)-c5ccccc5C7(C)C)cc3C4(C)C)cc21. The molecule has 17 rings (SSSR count). The third-order valence-electron chi connectivity index (χ3n) is 19.8. The molecule has 4 aliphatic rings. The first-order valence-electron chi connectivity index (χ1n) is 28.8. The van der Waals surface area contributed by atoms with Gasteiger partial charge in [0.25, 0.3) is 0 Å². The zero-order valence-electron chi connectivity index (χ0n) is 47.0. The van der Waals surface area contributed by atoms with Gasteiger partial charge in [-0.2, -0.15) is 0 Å². The Morgan fingerprint density at radius 3 is 1.42 bits per heavy atom. The Bertz CT molecular complexity index is 4920. The molecular formula is C78H59NO2. The van der Waals surface area contributed by atoms with Crippen molar-refractivity contribution in [3.05, 3.63) is 257 Å². The second-order valence-electron chi connectivity index (χ2n) is 25.5. The van der Waals surface area contributed by atoms with Crippen molar-refractivity contribution in [2.45, 2.75) is 77.0 Å². The van der Waals surface area contributed by atoms with Gasteiger partial charge in [0.05, 0.1) is 0 Å². The first kappa shape index (κ1) is 46.7. The van der Waals surface area contributed by atoms with E-state index < -0.39 is 0 Å². The molecule has 0 aliphatic heterocycles. The number of para-hydroxylation sites is 2. The first-order chi connectivity index (χ1) is 39.2. The van der Waals surface area contributed by atoms with Gasteiger partial charge >= 0.3 is 0 Å². The van der Waals surface area contributed by atoms with E-state index in [2.05, 4.69) is 273 Å². The maximum absolute atomic E-state index is 7.05. The third-order valence-corrected chi connectivity index (χ3v) is 19.8. The molecule has 3 nitrogen and oxygen atoms in total. The summed E-state index contributed by atoms with van der Waals surface area (Å²) in [5, 5.41) is 4.71. The maximum Gasteiger partial charge on any atom is 0.144 e. The zero-order valence-corrected chi connectivity index (χ0v) is 47.0. The molecule has 0 N–H and O–H groups in total.